The van der Waals surface area contributed by atoms with Crippen molar-refractivity contribution in [1.82, 2.24) is 20.4 Å². The van der Waals surface area contributed by atoms with Crippen LogP contribution in [0.4, 0.5) is 0 Å². The SMILES string of the molecule is CN=C(NCCN(C)CCCOC)NCCN(C)CCOC.I. The normalized spacial score (nSPS) is 11.7. The second-order valence-corrected chi connectivity index (χ2v) is 5.37. The van der Waals surface area contributed by atoms with Crippen molar-refractivity contribution in [3.8, 4) is 0 Å². The molecule has 140 valence electrons. The lowest BCUT2D eigenvalue weighted by atomic mass is 10.4. The van der Waals surface area contributed by atoms with Gasteiger partial charge in [0.25, 0.3) is 0 Å². The monoisotopic (exact) mass is 445 g/mol. The Hall–Kier alpha value is -0.160. The predicted octanol–water partition coefficient (Wildman–Crippen LogP) is 0.316. The molecule has 0 aromatic carbocycles. The number of nitrogens with zero attached hydrogens (tertiary/aromatic N) is 3. The highest BCUT2D eigenvalue weighted by atomic mass is 127. The maximum absolute atomic E-state index is 5.06. The van der Waals surface area contributed by atoms with E-state index in [-0.39, 0.29) is 24.0 Å². The minimum absolute atomic E-state index is 0. The summed E-state index contributed by atoms with van der Waals surface area (Å²) in [6.45, 7) is 7.25. The summed E-state index contributed by atoms with van der Waals surface area (Å²) in [7, 11) is 9.48. The predicted molar refractivity (Wildman–Crippen MR) is 108 cm³/mol. The molecule has 0 amide bonds. The first-order chi connectivity index (χ1) is 10.6. The summed E-state index contributed by atoms with van der Waals surface area (Å²) in [5.74, 6) is 0.852. The Morgan fingerprint density at radius 3 is 1.87 bits per heavy atom. The molecule has 0 rings (SSSR count). The van der Waals surface area contributed by atoms with Crippen molar-refractivity contribution in [2.75, 3.05) is 87.8 Å². The number of guanidine groups is 1. The van der Waals surface area contributed by atoms with E-state index in [0.29, 0.717) is 0 Å². The number of ether oxygens (including phenoxy) is 2. The van der Waals surface area contributed by atoms with Crippen LogP contribution in [0.3, 0.4) is 0 Å². The number of likely N-dealkylation sites (N-methyl/N-ethyl adjacent to an activating group) is 2. The van der Waals surface area contributed by atoms with Gasteiger partial charge in [-0.1, -0.05) is 0 Å². The molecule has 0 saturated heterocycles. The van der Waals surface area contributed by atoms with Crippen molar-refractivity contribution < 1.29 is 9.47 Å². The number of halogens is 1. The third kappa shape index (κ3) is 16.5. The van der Waals surface area contributed by atoms with Crippen molar-refractivity contribution in [3.05, 3.63) is 0 Å². The average Bonchev–Trinajstić information content (AvgIpc) is 2.51. The lowest BCUT2D eigenvalue weighted by Crippen LogP contribution is -2.43. The number of hydrogen-bond acceptors (Lipinski definition) is 5. The van der Waals surface area contributed by atoms with Gasteiger partial charge in [-0.3, -0.25) is 4.99 Å². The van der Waals surface area contributed by atoms with Crippen LogP contribution in [0.25, 0.3) is 0 Å². The van der Waals surface area contributed by atoms with E-state index in [1.54, 1.807) is 21.3 Å². The lowest BCUT2D eigenvalue weighted by Gasteiger charge is -2.19. The first kappa shape index (κ1) is 25.1. The lowest BCUT2D eigenvalue weighted by molar-refractivity contribution is 0.162. The maximum atomic E-state index is 5.06. The molecule has 0 heterocycles. The number of hydrogen-bond donors (Lipinski definition) is 2. The first-order valence-corrected chi connectivity index (χ1v) is 7.93. The number of aliphatic imine (C=N–C) groups is 1. The Morgan fingerprint density at radius 1 is 0.870 bits per heavy atom. The second-order valence-electron chi connectivity index (χ2n) is 5.37. The van der Waals surface area contributed by atoms with Crippen LogP contribution in [0, 0.1) is 0 Å². The van der Waals surface area contributed by atoms with Crippen molar-refractivity contribution in [3.63, 3.8) is 0 Å². The fourth-order valence-corrected chi connectivity index (χ4v) is 1.90. The highest BCUT2D eigenvalue weighted by molar-refractivity contribution is 14.0. The maximum Gasteiger partial charge on any atom is 0.191 e. The van der Waals surface area contributed by atoms with E-state index in [9.17, 15) is 0 Å². The standard InChI is InChI=1S/C15H35N5O2.HI/c1-16-15(18-8-11-20(3)12-14-22-5)17-7-10-19(2)9-6-13-21-4;/h6-14H2,1-5H3,(H2,16,17,18);1H. The Bertz CT molecular complexity index is 283. The molecule has 0 aromatic heterocycles. The molecule has 0 atom stereocenters. The fourth-order valence-electron chi connectivity index (χ4n) is 1.90. The van der Waals surface area contributed by atoms with E-state index in [2.05, 4.69) is 39.5 Å². The molecule has 0 fully saturated rings. The summed E-state index contributed by atoms with van der Waals surface area (Å²) in [6.07, 6.45) is 1.06. The van der Waals surface area contributed by atoms with Crippen LogP contribution in [0.2, 0.25) is 0 Å². The minimum atomic E-state index is 0. The van der Waals surface area contributed by atoms with E-state index in [1.165, 1.54) is 0 Å². The molecule has 2 N–H and O–H groups in total. The van der Waals surface area contributed by atoms with Gasteiger partial charge in [0.1, 0.15) is 0 Å². The number of rotatable bonds is 13. The third-order valence-corrected chi connectivity index (χ3v) is 3.36. The van der Waals surface area contributed by atoms with Gasteiger partial charge < -0.3 is 29.9 Å². The Balaban J connectivity index is 0. The zero-order valence-corrected chi connectivity index (χ0v) is 17.8. The van der Waals surface area contributed by atoms with Gasteiger partial charge in [0, 0.05) is 67.1 Å². The van der Waals surface area contributed by atoms with Crippen LogP contribution >= 0.6 is 24.0 Å². The Morgan fingerprint density at radius 2 is 1.39 bits per heavy atom. The molecule has 8 heteroatoms. The van der Waals surface area contributed by atoms with Crippen LogP contribution in [-0.4, -0.2) is 104 Å². The number of methoxy groups -OCH3 is 2. The molecule has 0 aliphatic rings. The van der Waals surface area contributed by atoms with E-state index in [1.807, 2.05) is 0 Å². The smallest absolute Gasteiger partial charge is 0.191 e. The zero-order valence-electron chi connectivity index (χ0n) is 15.4. The minimum Gasteiger partial charge on any atom is -0.385 e. The van der Waals surface area contributed by atoms with Crippen LogP contribution in [0.5, 0.6) is 0 Å². The molecule has 7 nitrogen and oxygen atoms in total. The van der Waals surface area contributed by atoms with Crippen LogP contribution in [-0.2, 0) is 9.47 Å². The van der Waals surface area contributed by atoms with Crippen LogP contribution < -0.4 is 10.6 Å². The Labute approximate surface area is 159 Å². The van der Waals surface area contributed by atoms with E-state index >= 15 is 0 Å². The molecular weight excluding hydrogens is 409 g/mol. The molecule has 0 saturated carbocycles. The molecule has 0 radical (unpaired) electrons. The molecule has 23 heavy (non-hydrogen) atoms. The second kappa shape index (κ2) is 18.2. The quantitative estimate of drug-likeness (QED) is 0.184. The molecule has 0 spiro atoms. The van der Waals surface area contributed by atoms with Crippen LogP contribution in [0.1, 0.15) is 6.42 Å². The molecule has 0 aromatic rings. The van der Waals surface area contributed by atoms with Gasteiger partial charge in [-0.15, -0.1) is 24.0 Å². The van der Waals surface area contributed by atoms with Gasteiger partial charge in [0.2, 0.25) is 0 Å². The van der Waals surface area contributed by atoms with Gasteiger partial charge in [-0.25, -0.2) is 0 Å². The van der Waals surface area contributed by atoms with Gasteiger partial charge in [0.05, 0.1) is 6.61 Å². The van der Waals surface area contributed by atoms with E-state index in [4.69, 9.17) is 9.47 Å². The zero-order chi connectivity index (χ0) is 16.6. The summed E-state index contributed by atoms with van der Waals surface area (Å²) in [5.41, 5.74) is 0. The summed E-state index contributed by atoms with van der Waals surface area (Å²) < 4.78 is 10.1. The van der Waals surface area contributed by atoms with Crippen molar-refractivity contribution >= 4 is 29.9 Å². The summed E-state index contributed by atoms with van der Waals surface area (Å²) in [4.78, 5) is 8.75. The molecule has 0 aliphatic carbocycles. The Kier molecular flexibility index (Phi) is 19.8. The molecule has 0 unspecified atom stereocenters. The van der Waals surface area contributed by atoms with Gasteiger partial charge in [0.15, 0.2) is 5.96 Å². The highest BCUT2D eigenvalue weighted by Gasteiger charge is 2.01. The topological polar surface area (TPSA) is 61.4 Å². The highest BCUT2D eigenvalue weighted by Crippen LogP contribution is 1.87. The van der Waals surface area contributed by atoms with E-state index in [0.717, 1.165) is 64.9 Å². The average molecular weight is 445 g/mol. The summed E-state index contributed by atoms with van der Waals surface area (Å²) >= 11 is 0. The molecular formula is C15H36IN5O2. The van der Waals surface area contributed by atoms with Crippen molar-refractivity contribution in [1.29, 1.82) is 0 Å². The third-order valence-electron chi connectivity index (χ3n) is 3.36. The largest absolute Gasteiger partial charge is 0.385 e. The summed E-state index contributed by atoms with van der Waals surface area (Å²) in [6, 6.07) is 0. The van der Waals surface area contributed by atoms with Crippen molar-refractivity contribution in [2.24, 2.45) is 4.99 Å². The van der Waals surface area contributed by atoms with E-state index < -0.39 is 0 Å². The molecule has 0 aliphatic heterocycles. The van der Waals surface area contributed by atoms with Gasteiger partial charge >= 0.3 is 0 Å². The first-order valence-electron chi connectivity index (χ1n) is 7.93. The fraction of sp³-hybridized carbons (Fsp3) is 0.933. The van der Waals surface area contributed by atoms with Crippen molar-refractivity contribution in [2.45, 2.75) is 6.42 Å². The number of nitrogens with one attached hydrogen (secondary N) is 2. The summed E-state index contributed by atoms with van der Waals surface area (Å²) in [5, 5.41) is 6.65. The molecule has 0 bridgehead atoms. The van der Waals surface area contributed by atoms with Gasteiger partial charge in [-0.05, 0) is 20.5 Å². The van der Waals surface area contributed by atoms with Gasteiger partial charge in [-0.2, -0.15) is 0 Å². The van der Waals surface area contributed by atoms with Crippen LogP contribution in [0.15, 0.2) is 4.99 Å².